The zero-order chi connectivity index (χ0) is 16.0. The van der Waals surface area contributed by atoms with Crippen molar-refractivity contribution >= 4 is 11.7 Å². The quantitative estimate of drug-likeness (QED) is 0.765. The third-order valence-electron chi connectivity index (χ3n) is 3.09. The van der Waals surface area contributed by atoms with Crippen LogP contribution in [0.15, 0.2) is 47.1 Å². The monoisotopic (exact) mass is 304 g/mol. The molecular formula is C16H20N2O4. The molecular weight excluding hydrogens is 284 g/mol. The number of furan rings is 1. The van der Waals surface area contributed by atoms with Crippen molar-refractivity contribution in [3.8, 4) is 5.75 Å². The summed E-state index contributed by atoms with van der Waals surface area (Å²) in [7, 11) is 1.56. The Bertz CT molecular complexity index is 608. The molecule has 0 aliphatic heterocycles. The number of methoxy groups -OCH3 is 1. The molecule has 1 atom stereocenters. The molecule has 2 aromatic rings. The molecule has 0 saturated heterocycles. The van der Waals surface area contributed by atoms with Crippen LogP contribution < -0.4 is 15.4 Å². The number of aliphatic hydroxyl groups is 1. The lowest BCUT2D eigenvalue weighted by Crippen LogP contribution is -2.43. The summed E-state index contributed by atoms with van der Waals surface area (Å²) in [5.74, 6) is 1.32. The molecule has 6 nitrogen and oxygen atoms in total. The van der Waals surface area contributed by atoms with Crippen molar-refractivity contribution in [1.29, 1.82) is 0 Å². The maximum atomic E-state index is 11.9. The smallest absolute Gasteiger partial charge is 0.319 e. The first-order valence-corrected chi connectivity index (χ1v) is 6.92. The van der Waals surface area contributed by atoms with Crippen LogP contribution in [0.2, 0.25) is 0 Å². The van der Waals surface area contributed by atoms with Crippen LogP contribution in [0.3, 0.4) is 0 Å². The molecule has 0 aliphatic carbocycles. The second kappa shape index (κ2) is 7.00. The van der Waals surface area contributed by atoms with E-state index >= 15 is 0 Å². The van der Waals surface area contributed by atoms with Gasteiger partial charge < -0.3 is 24.9 Å². The molecule has 2 rings (SSSR count). The number of urea groups is 1. The Kier molecular flexibility index (Phi) is 5.06. The van der Waals surface area contributed by atoms with Crippen molar-refractivity contribution in [3.05, 3.63) is 48.4 Å². The molecule has 1 unspecified atom stereocenters. The van der Waals surface area contributed by atoms with E-state index in [2.05, 4.69) is 10.6 Å². The van der Waals surface area contributed by atoms with Crippen LogP contribution in [0.1, 0.15) is 12.7 Å². The van der Waals surface area contributed by atoms with Crippen molar-refractivity contribution in [2.24, 2.45) is 0 Å². The van der Waals surface area contributed by atoms with Crippen molar-refractivity contribution in [2.45, 2.75) is 18.9 Å². The third kappa shape index (κ3) is 4.82. The average molecular weight is 304 g/mol. The second-order valence-corrected chi connectivity index (χ2v) is 5.29. The minimum Gasteiger partial charge on any atom is -0.497 e. The van der Waals surface area contributed by atoms with Gasteiger partial charge in [-0.3, -0.25) is 0 Å². The zero-order valence-electron chi connectivity index (χ0n) is 12.6. The molecule has 118 valence electrons. The summed E-state index contributed by atoms with van der Waals surface area (Å²) in [6.45, 7) is 1.74. The van der Waals surface area contributed by atoms with Crippen LogP contribution in [0.25, 0.3) is 0 Å². The summed E-state index contributed by atoms with van der Waals surface area (Å²) < 4.78 is 10.3. The van der Waals surface area contributed by atoms with Crippen molar-refractivity contribution in [3.63, 3.8) is 0 Å². The third-order valence-corrected chi connectivity index (χ3v) is 3.09. The molecule has 0 radical (unpaired) electrons. The average Bonchev–Trinajstić information content (AvgIpc) is 2.98. The summed E-state index contributed by atoms with van der Waals surface area (Å²) in [4.78, 5) is 11.9. The first-order valence-electron chi connectivity index (χ1n) is 6.92. The van der Waals surface area contributed by atoms with E-state index in [0.29, 0.717) is 23.6 Å². The van der Waals surface area contributed by atoms with E-state index < -0.39 is 11.6 Å². The highest BCUT2D eigenvalue weighted by Crippen LogP contribution is 2.17. The van der Waals surface area contributed by atoms with Gasteiger partial charge in [0.1, 0.15) is 11.5 Å². The van der Waals surface area contributed by atoms with E-state index in [4.69, 9.17) is 9.15 Å². The van der Waals surface area contributed by atoms with E-state index in [9.17, 15) is 9.90 Å². The fourth-order valence-electron chi connectivity index (χ4n) is 2.00. The number of carbonyl (C=O) groups is 1. The minimum absolute atomic E-state index is 0.101. The highest BCUT2D eigenvalue weighted by molar-refractivity contribution is 5.89. The maximum Gasteiger partial charge on any atom is 0.319 e. The number of hydrogen-bond acceptors (Lipinski definition) is 4. The Morgan fingerprint density at radius 3 is 2.86 bits per heavy atom. The molecule has 0 fully saturated rings. The molecule has 0 saturated carbocycles. The van der Waals surface area contributed by atoms with E-state index in [1.54, 1.807) is 56.7 Å². The lowest BCUT2D eigenvalue weighted by Gasteiger charge is -2.22. The van der Waals surface area contributed by atoms with Crippen LogP contribution in [-0.2, 0) is 6.42 Å². The van der Waals surface area contributed by atoms with E-state index in [1.807, 2.05) is 0 Å². The molecule has 0 aliphatic rings. The second-order valence-electron chi connectivity index (χ2n) is 5.29. The number of carbonyl (C=O) groups excluding carboxylic acids is 1. The Hall–Kier alpha value is -2.47. The van der Waals surface area contributed by atoms with Gasteiger partial charge in [-0.05, 0) is 31.2 Å². The van der Waals surface area contributed by atoms with Crippen LogP contribution in [-0.4, -0.2) is 30.4 Å². The predicted molar refractivity (Wildman–Crippen MR) is 83.1 cm³/mol. The first-order chi connectivity index (χ1) is 10.5. The predicted octanol–water partition coefficient (Wildman–Crippen LogP) is 2.40. The van der Waals surface area contributed by atoms with Gasteiger partial charge in [-0.25, -0.2) is 4.79 Å². The summed E-state index contributed by atoms with van der Waals surface area (Å²) in [6, 6.07) is 10.2. The molecule has 2 amide bonds. The van der Waals surface area contributed by atoms with Gasteiger partial charge in [0.2, 0.25) is 0 Å². The minimum atomic E-state index is -1.09. The summed E-state index contributed by atoms with van der Waals surface area (Å²) in [6.07, 6.45) is 1.87. The molecule has 1 aromatic carbocycles. The fraction of sp³-hybridized carbons (Fsp3) is 0.312. The van der Waals surface area contributed by atoms with Gasteiger partial charge >= 0.3 is 6.03 Å². The van der Waals surface area contributed by atoms with E-state index in [1.165, 1.54) is 0 Å². The highest BCUT2D eigenvalue weighted by atomic mass is 16.5. The summed E-state index contributed by atoms with van der Waals surface area (Å²) >= 11 is 0. The molecule has 0 spiro atoms. The lowest BCUT2D eigenvalue weighted by molar-refractivity contribution is 0.0577. The Balaban J connectivity index is 1.83. The largest absolute Gasteiger partial charge is 0.497 e. The van der Waals surface area contributed by atoms with Gasteiger partial charge in [0, 0.05) is 24.7 Å². The summed E-state index contributed by atoms with van der Waals surface area (Å²) in [5, 5.41) is 15.6. The maximum absolute atomic E-state index is 11.9. The van der Waals surface area contributed by atoms with Gasteiger partial charge in [0.25, 0.3) is 0 Å². The molecule has 3 N–H and O–H groups in total. The van der Waals surface area contributed by atoms with Gasteiger partial charge in [-0.1, -0.05) is 6.07 Å². The zero-order valence-corrected chi connectivity index (χ0v) is 12.6. The van der Waals surface area contributed by atoms with Crippen molar-refractivity contribution in [1.82, 2.24) is 5.32 Å². The lowest BCUT2D eigenvalue weighted by atomic mass is 10.0. The van der Waals surface area contributed by atoms with Crippen LogP contribution in [0.4, 0.5) is 10.5 Å². The highest BCUT2D eigenvalue weighted by Gasteiger charge is 2.23. The molecule has 6 heteroatoms. The SMILES string of the molecule is COc1cccc(NC(=O)NCC(C)(O)Cc2ccco2)c1. The molecule has 1 aromatic heterocycles. The first kappa shape index (κ1) is 15.9. The normalized spacial score (nSPS) is 13.2. The molecule has 1 heterocycles. The van der Waals surface area contributed by atoms with Crippen LogP contribution in [0, 0.1) is 0 Å². The number of hydrogen-bond donors (Lipinski definition) is 3. The number of rotatable bonds is 6. The molecule has 0 bridgehead atoms. The van der Waals surface area contributed by atoms with Crippen molar-refractivity contribution < 1.29 is 19.1 Å². The van der Waals surface area contributed by atoms with Crippen LogP contribution in [0.5, 0.6) is 5.75 Å². The van der Waals surface area contributed by atoms with E-state index in [0.717, 1.165) is 0 Å². The number of ether oxygens (including phenoxy) is 1. The van der Waals surface area contributed by atoms with Gasteiger partial charge in [-0.2, -0.15) is 0 Å². The number of benzene rings is 1. The number of anilines is 1. The topological polar surface area (TPSA) is 83.7 Å². The van der Waals surface area contributed by atoms with Crippen molar-refractivity contribution in [2.75, 3.05) is 19.0 Å². The Labute approximate surface area is 129 Å². The number of amides is 2. The molecule has 22 heavy (non-hydrogen) atoms. The van der Waals surface area contributed by atoms with Gasteiger partial charge in [0.05, 0.1) is 19.0 Å². The number of nitrogens with one attached hydrogen (secondary N) is 2. The Morgan fingerprint density at radius 1 is 1.36 bits per heavy atom. The Morgan fingerprint density at radius 2 is 2.18 bits per heavy atom. The fourth-order valence-corrected chi connectivity index (χ4v) is 2.00. The standard InChI is InChI=1S/C16H20N2O4/c1-16(20,10-14-7-4-8-22-14)11-17-15(19)18-12-5-3-6-13(9-12)21-2/h3-9,20H,10-11H2,1-2H3,(H2,17,18,19). The van der Waals surface area contributed by atoms with Crippen LogP contribution >= 0.6 is 0 Å². The van der Waals surface area contributed by atoms with Gasteiger partial charge in [0.15, 0.2) is 0 Å². The van der Waals surface area contributed by atoms with Gasteiger partial charge in [-0.15, -0.1) is 0 Å². The summed E-state index contributed by atoms with van der Waals surface area (Å²) in [5.41, 5.74) is -0.480. The van der Waals surface area contributed by atoms with E-state index in [-0.39, 0.29) is 6.54 Å².